The summed E-state index contributed by atoms with van der Waals surface area (Å²) >= 11 is 1.61. The number of rotatable bonds is 4. The molecule has 1 aliphatic carbocycles. The lowest BCUT2D eigenvalue weighted by Crippen LogP contribution is -2.21. The minimum atomic E-state index is -0.145. The van der Waals surface area contributed by atoms with Crippen molar-refractivity contribution in [1.29, 1.82) is 0 Å². The molecular formula is C11H15NO2S. The molecule has 0 spiro atoms. The predicted molar refractivity (Wildman–Crippen MR) is 61.2 cm³/mol. The Morgan fingerprint density at radius 1 is 1.53 bits per heavy atom. The fraction of sp³-hybridized carbons (Fsp3) is 0.545. The van der Waals surface area contributed by atoms with Gasteiger partial charge in [0.2, 0.25) is 0 Å². The van der Waals surface area contributed by atoms with Gasteiger partial charge in [0.15, 0.2) is 0 Å². The maximum Gasteiger partial charge on any atom is 0.325 e. The van der Waals surface area contributed by atoms with E-state index in [0.717, 1.165) is 18.5 Å². The number of esters is 1. The van der Waals surface area contributed by atoms with Crippen LogP contribution in [0.3, 0.4) is 0 Å². The molecule has 0 bridgehead atoms. The third-order valence-corrected chi connectivity index (χ3v) is 3.24. The monoisotopic (exact) mass is 225 g/mol. The van der Waals surface area contributed by atoms with E-state index in [-0.39, 0.29) is 18.6 Å². The third-order valence-electron chi connectivity index (χ3n) is 2.56. The molecule has 0 aromatic carbocycles. The molecule has 1 saturated carbocycles. The Hall–Kier alpha value is -1.03. The van der Waals surface area contributed by atoms with Gasteiger partial charge in [0, 0.05) is 11.1 Å². The minimum absolute atomic E-state index is 0.145. The number of hydrogen-bond acceptors (Lipinski definition) is 4. The lowest BCUT2D eigenvalue weighted by Gasteiger charge is -2.11. The largest absolute Gasteiger partial charge is 0.461 e. The summed E-state index contributed by atoms with van der Waals surface area (Å²) in [5, 5.41) is 6.99. The van der Waals surface area contributed by atoms with Gasteiger partial charge in [-0.15, -0.1) is 0 Å². The highest BCUT2D eigenvalue weighted by Crippen LogP contribution is 2.21. The first-order valence-corrected chi connectivity index (χ1v) is 6.24. The van der Waals surface area contributed by atoms with E-state index in [4.69, 9.17) is 4.74 Å². The van der Waals surface area contributed by atoms with Crippen LogP contribution in [0.5, 0.6) is 0 Å². The maximum atomic E-state index is 11.4. The zero-order chi connectivity index (χ0) is 10.5. The number of anilines is 1. The van der Waals surface area contributed by atoms with Crippen LogP contribution >= 0.6 is 11.3 Å². The van der Waals surface area contributed by atoms with E-state index in [1.54, 1.807) is 11.3 Å². The molecular weight excluding hydrogens is 210 g/mol. The molecule has 0 atom stereocenters. The van der Waals surface area contributed by atoms with E-state index in [1.807, 2.05) is 16.8 Å². The summed E-state index contributed by atoms with van der Waals surface area (Å²) in [4.78, 5) is 11.4. The molecule has 1 aromatic rings. The summed E-state index contributed by atoms with van der Waals surface area (Å²) in [5.74, 6) is -0.145. The van der Waals surface area contributed by atoms with E-state index in [1.165, 1.54) is 12.8 Å². The van der Waals surface area contributed by atoms with Crippen LogP contribution in [0.2, 0.25) is 0 Å². The number of carbonyl (C=O) groups is 1. The second kappa shape index (κ2) is 5.16. The van der Waals surface area contributed by atoms with Crippen LogP contribution in [0.1, 0.15) is 25.7 Å². The van der Waals surface area contributed by atoms with Gasteiger partial charge in [-0.3, -0.25) is 4.79 Å². The standard InChI is InChI=1S/C11H15NO2S/c13-11(14-10-3-1-2-4-10)7-12-9-5-6-15-8-9/h5-6,8,10,12H,1-4,7H2. The molecule has 1 aromatic heterocycles. The van der Waals surface area contributed by atoms with E-state index < -0.39 is 0 Å². The first-order chi connectivity index (χ1) is 7.34. The highest BCUT2D eigenvalue weighted by Gasteiger charge is 2.18. The molecule has 15 heavy (non-hydrogen) atoms. The van der Waals surface area contributed by atoms with Gasteiger partial charge < -0.3 is 10.1 Å². The van der Waals surface area contributed by atoms with Crippen molar-refractivity contribution >= 4 is 23.0 Å². The van der Waals surface area contributed by atoms with Gasteiger partial charge >= 0.3 is 5.97 Å². The van der Waals surface area contributed by atoms with Crippen molar-refractivity contribution in [1.82, 2.24) is 0 Å². The Morgan fingerprint density at radius 3 is 3.00 bits per heavy atom. The third kappa shape index (κ3) is 3.23. The predicted octanol–water partition coefficient (Wildman–Crippen LogP) is 2.65. The number of thiophene rings is 1. The summed E-state index contributed by atoms with van der Waals surface area (Å²) in [5.41, 5.74) is 0.989. The topological polar surface area (TPSA) is 38.3 Å². The number of hydrogen-bond donors (Lipinski definition) is 1. The number of carbonyl (C=O) groups excluding carboxylic acids is 1. The Morgan fingerprint density at radius 2 is 2.33 bits per heavy atom. The summed E-state index contributed by atoms with van der Waals surface area (Å²) in [6.07, 6.45) is 4.61. The first-order valence-electron chi connectivity index (χ1n) is 5.30. The van der Waals surface area contributed by atoms with Crippen LogP contribution in [0.4, 0.5) is 5.69 Å². The molecule has 2 rings (SSSR count). The van der Waals surface area contributed by atoms with Crippen molar-refractivity contribution in [2.24, 2.45) is 0 Å². The van der Waals surface area contributed by atoms with Crippen LogP contribution in [0.15, 0.2) is 16.8 Å². The Kier molecular flexibility index (Phi) is 3.61. The molecule has 1 heterocycles. The summed E-state index contributed by atoms with van der Waals surface area (Å²) in [7, 11) is 0. The van der Waals surface area contributed by atoms with Gasteiger partial charge in [-0.25, -0.2) is 0 Å². The Balaban J connectivity index is 1.68. The fourth-order valence-electron chi connectivity index (χ4n) is 1.77. The second-order valence-corrected chi connectivity index (χ2v) is 4.54. The van der Waals surface area contributed by atoms with Crippen molar-refractivity contribution in [3.63, 3.8) is 0 Å². The van der Waals surface area contributed by atoms with Gasteiger partial charge in [-0.2, -0.15) is 11.3 Å². The van der Waals surface area contributed by atoms with Crippen LogP contribution in [-0.4, -0.2) is 18.6 Å². The second-order valence-electron chi connectivity index (χ2n) is 3.76. The maximum absolute atomic E-state index is 11.4. The van der Waals surface area contributed by atoms with Crippen molar-refractivity contribution in [2.75, 3.05) is 11.9 Å². The highest BCUT2D eigenvalue weighted by atomic mass is 32.1. The molecule has 0 aliphatic heterocycles. The number of ether oxygens (including phenoxy) is 1. The Bertz CT molecular complexity index is 304. The van der Waals surface area contributed by atoms with Crippen molar-refractivity contribution < 1.29 is 9.53 Å². The SMILES string of the molecule is O=C(CNc1ccsc1)OC1CCCC1. The van der Waals surface area contributed by atoms with Crippen molar-refractivity contribution in [2.45, 2.75) is 31.8 Å². The first kappa shape index (κ1) is 10.5. The quantitative estimate of drug-likeness (QED) is 0.801. The molecule has 82 valence electrons. The molecule has 0 amide bonds. The number of nitrogens with one attached hydrogen (secondary N) is 1. The molecule has 1 aliphatic rings. The zero-order valence-electron chi connectivity index (χ0n) is 8.57. The highest BCUT2D eigenvalue weighted by molar-refractivity contribution is 7.08. The zero-order valence-corrected chi connectivity index (χ0v) is 9.39. The van der Waals surface area contributed by atoms with Crippen molar-refractivity contribution in [3.8, 4) is 0 Å². The molecule has 0 radical (unpaired) electrons. The van der Waals surface area contributed by atoms with Gasteiger partial charge in [0.25, 0.3) is 0 Å². The smallest absolute Gasteiger partial charge is 0.325 e. The lowest BCUT2D eigenvalue weighted by atomic mass is 10.3. The van der Waals surface area contributed by atoms with E-state index in [0.29, 0.717) is 0 Å². The molecule has 1 N–H and O–H groups in total. The van der Waals surface area contributed by atoms with Gasteiger partial charge in [-0.1, -0.05) is 0 Å². The molecule has 0 saturated heterocycles. The van der Waals surface area contributed by atoms with E-state index >= 15 is 0 Å². The van der Waals surface area contributed by atoms with Gasteiger partial charge in [0.05, 0.1) is 0 Å². The fourth-order valence-corrected chi connectivity index (χ4v) is 2.39. The average Bonchev–Trinajstić information content (AvgIpc) is 2.86. The van der Waals surface area contributed by atoms with Crippen LogP contribution in [0.25, 0.3) is 0 Å². The van der Waals surface area contributed by atoms with Gasteiger partial charge in [-0.05, 0) is 37.1 Å². The molecule has 4 heteroatoms. The van der Waals surface area contributed by atoms with Gasteiger partial charge in [0.1, 0.15) is 12.6 Å². The summed E-state index contributed by atoms with van der Waals surface area (Å²) in [6.45, 7) is 0.271. The van der Waals surface area contributed by atoms with Crippen LogP contribution < -0.4 is 5.32 Å². The Labute approximate surface area is 93.4 Å². The summed E-state index contributed by atoms with van der Waals surface area (Å²) in [6, 6.07) is 1.95. The normalized spacial score (nSPS) is 16.5. The van der Waals surface area contributed by atoms with Crippen LogP contribution in [0, 0.1) is 0 Å². The van der Waals surface area contributed by atoms with Crippen molar-refractivity contribution in [3.05, 3.63) is 16.8 Å². The molecule has 1 fully saturated rings. The summed E-state index contributed by atoms with van der Waals surface area (Å²) < 4.78 is 5.31. The average molecular weight is 225 g/mol. The minimum Gasteiger partial charge on any atom is -0.461 e. The van der Waals surface area contributed by atoms with E-state index in [2.05, 4.69) is 5.32 Å². The molecule has 0 unspecified atom stereocenters. The van der Waals surface area contributed by atoms with Crippen LogP contribution in [-0.2, 0) is 9.53 Å². The van der Waals surface area contributed by atoms with E-state index in [9.17, 15) is 4.79 Å². The molecule has 3 nitrogen and oxygen atoms in total. The lowest BCUT2D eigenvalue weighted by molar-refractivity contribution is -0.146.